The van der Waals surface area contributed by atoms with E-state index in [1.165, 1.54) is 0 Å². The van der Waals surface area contributed by atoms with Crippen LogP contribution >= 0.6 is 12.4 Å². The molecule has 0 atom stereocenters. The van der Waals surface area contributed by atoms with Gasteiger partial charge in [-0.1, -0.05) is 0 Å². The second-order valence-electron chi connectivity index (χ2n) is 3.30. The summed E-state index contributed by atoms with van der Waals surface area (Å²) >= 11 is 0. The number of methoxy groups -OCH3 is 1. The van der Waals surface area contributed by atoms with Gasteiger partial charge in [-0.05, 0) is 19.8 Å². The van der Waals surface area contributed by atoms with E-state index in [1.54, 1.807) is 12.0 Å². The molecular formula is C8H16ClNO2. The summed E-state index contributed by atoms with van der Waals surface area (Å²) in [6, 6.07) is 0. The molecular weight excluding hydrogens is 178 g/mol. The molecule has 1 aliphatic rings. The first kappa shape index (κ1) is 11.7. The summed E-state index contributed by atoms with van der Waals surface area (Å²) in [7, 11) is 1.73. The Balaban J connectivity index is 0.00000121. The highest BCUT2D eigenvalue weighted by Crippen LogP contribution is 2.23. The Morgan fingerprint density at radius 2 is 1.92 bits per heavy atom. The molecule has 72 valence electrons. The number of carbonyl (C=O) groups is 1. The van der Waals surface area contributed by atoms with E-state index in [0.29, 0.717) is 0 Å². The molecule has 0 bridgehead atoms. The number of amides is 1. The lowest BCUT2D eigenvalue weighted by molar-refractivity contribution is -0.122. The molecule has 12 heavy (non-hydrogen) atoms. The summed E-state index contributed by atoms with van der Waals surface area (Å²) in [5.41, 5.74) is -0.000486. The largest absolute Gasteiger partial charge is 0.378 e. The van der Waals surface area contributed by atoms with E-state index in [-0.39, 0.29) is 18.0 Å². The van der Waals surface area contributed by atoms with Gasteiger partial charge in [0.15, 0.2) is 0 Å². The van der Waals surface area contributed by atoms with E-state index in [4.69, 9.17) is 4.74 Å². The molecule has 1 amide bonds. The Bertz CT molecular complexity index is 144. The molecule has 0 aliphatic carbocycles. The maximum atomic E-state index is 10.3. The third kappa shape index (κ3) is 2.64. The summed E-state index contributed by atoms with van der Waals surface area (Å²) in [5, 5.41) is 0. The number of hydrogen-bond donors (Lipinski definition) is 0. The van der Waals surface area contributed by atoms with Crippen LogP contribution in [0.3, 0.4) is 0 Å². The van der Waals surface area contributed by atoms with Gasteiger partial charge in [-0.2, -0.15) is 0 Å². The lowest BCUT2D eigenvalue weighted by Crippen LogP contribution is -2.42. The molecule has 0 aromatic carbocycles. The topological polar surface area (TPSA) is 29.5 Å². The monoisotopic (exact) mass is 193 g/mol. The number of carbonyl (C=O) groups excluding carboxylic acids is 1. The molecule has 3 nitrogen and oxygen atoms in total. The average Bonchev–Trinajstić information content (AvgIpc) is 2.06. The van der Waals surface area contributed by atoms with Crippen LogP contribution in [0.4, 0.5) is 0 Å². The average molecular weight is 194 g/mol. The van der Waals surface area contributed by atoms with E-state index in [0.717, 1.165) is 32.3 Å². The fraction of sp³-hybridized carbons (Fsp3) is 0.875. The summed E-state index contributed by atoms with van der Waals surface area (Å²) in [5.74, 6) is 0. The fourth-order valence-electron chi connectivity index (χ4n) is 1.31. The lowest BCUT2D eigenvalue weighted by Gasteiger charge is -2.36. The fourth-order valence-corrected chi connectivity index (χ4v) is 1.31. The van der Waals surface area contributed by atoms with Crippen LogP contribution < -0.4 is 0 Å². The van der Waals surface area contributed by atoms with Gasteiger partial charge < -0.3 is 9.64 Å². The molecule has 0 aromatic rings. The summed E-state index contributed by atoms with van der Waals surface area (Å²) in [6.07, 6.45) is 2.81. The molecule has 1 rings (SSSR count). The van der Waals surface area contributed by atoms with Gasteiger partial charge in [-0.25, -0.2) is 0 Å². The Morgan fingerprint density at radius 1 is 1.42 bits per heavy atom. The molecule has 0 unspecified atom stereocenters. The number of hydrogen-bond acceptors (Lipinski definition) is 2. The van der Waals surface area contributed by atoms with Crippen LogP contribution in [0.2, 0.25) is 0 Å². The normalized spacial score (nSPS) is 21.3. The Hall–Kier alpha value is -0.280. The van der Waals surface area contributed by atoms with Crippen molar-refractivity contribution in [2.45, 2.75) is 25.4 Å². The quantitative estimate of drug-likeness (QED) is 0.614. The van der Waals surface area contributed by atoms with Gasteiger partial charge in [0.05, 0.1) is 5.60 Å². The molecule has 0 aromatic heterocycles. The van der Waals surface area contributed by atoms with Gasteiger partial charge in [0, 0.05) is 20.2 Å². The van der Waals surface area contributed by atoms with E-state index < -0.39 is 0 Å². The van der Waals surface area contributed by atoms with E-state index in [2.05, 4.69) is 6.92 Å². The van der Waals surface area contributed by atoms with Crippen LogP contribution in [-0.4, -0.2) is 37.1 Å². The maximum absolute atomic E-state index is 10.3. The zero-order valence-electron chi connectivity index (χ0n) is 7.58. The molecule has 1 aliphatic heterocycles. The van der Waals surface area contributed by atoms with Crippen molar-refractivity contribution in [3.05, 3.63) is 0 Å². The van der Waals surface area contributed by atoms with Crippen LogP contribution in [0.1, 0.15) is 19.8 Å². The highest BCUT2D eigenvalue weighted by atomic mass is 35.5. The van der Waals surface area contributed by atoms with Crippen LogP contribution in [-0.2, 0) is 9.53 Å². The van der Waals surface area contributed by atoms with Gasteiger partial charge in [-0.15, -0.1) is 12.4 Å². The van der Waals surface area contributed by atoms with Gasteiger partial charge in [0.1, 0.15) is 0 Å². The van der Waals surface area contributed by atoms with Gasteiger partial charge >= 0.3 is 0 Å². The minimum Gasteiger partial charge on any atom is -0.378 e. The predicted molar refractivity (Wildman–Crippen MR) is 49.5 cm³/mol. The summed E-state index contributed by atoms with van der Waals surface area (Å²) in [4.78, 5) is 12.1. The number of piperidine rings is 1. The smallest absolute Gasteiger partial charge is 0.209 e. The zero-order valence-corrected chi connectivity index (χ0v) is 8.39. The number of halogens is 1. The third-order valence-electron chi connectivity index (χ3n) is 2.50. The van der Waals surface area contributed by atoms with Crippen LogP contribution in [0, 0.1) is 0 Å². The molecule has 1 saturated heterocycles. The van der Waals surface area contributed by atoms with Crippen molar-refractivity contribution in [2.24, 2.45) is 0 Å². The SMILES string of the molecule is COC1(C)CCN(C=O)CC1.Cl. The second kappa shape index (κ2) is 4.67. The first-order valence-corrected chi connectivity index (χ1v) is 3.95. The first-order chi connectivity index (χ1) is 5.20. The number of nitrogens with zero attached hydrogens (tertiary/aromatic N) is 1. The highest BCUT2D eigenvalue weighted by Gasteiger charge is 2.28. The zero-order chi connectivity index (χ0) is 8.32. The van der Waals surface area contributed by atoms with Crippen molar-refractivity contribution in [1.82, 2.24) is 4.90 Å². The van der Waals surface area contributed by atoms with Crippen molar-refractivity contribution in [1.29, 1.82) is 0 Å². The molecule has 0 radical (unpaired) electrons. The maximum Gasteiger partial charge on any atom is 0.209 e. The number of rotatable bonds is 2. The minimum atomic E-state index is -0.000486. The number of ether oxygens (including phenoxy) is 1. The van der Waals surface area contributed by atoms with Crippen LogP contribution in [0.25, 0.3) is 0 Å². The molecule has 1 fully saturated rings. The van der Waals surface area contributed by atoms with E-state index in [1.807, 2.05) is 0 Å². The molecule has 0 N–H and O–H groups in total. The van der Waals surface area contributed by atoms with Crippen molar-refractivity contribution in [2.75, 3.05) is 20.2 Å². The Labute approximate surface area is 79.5 Å². The minimum absolute atomic E-state index is 0. The van der Waals surface area contributed by atoms with Crippen molar-refractivity contribution < 1.29 is 9.53 Å². The van der Waals surface area contributed by atoms with Crippen LogP contribution in [0.5, 0.6) is 0 Å². The van der Waals surface area contributed by atoms with Gasteiger partial charge in [-0.3, -0.25) is 4.79 Å². The Kier molecular flexibility index (Phi) is 4.57. The highest BCUT2D eigenvalue weighted by molar-refractivity contribution is 5.85. The van der Waals surface area contributed by atoms with Crippen molar-refractivity contribution in [3.63, 3.8) is 0 Å². The lowest BCUT2D eigenvalue weighted by atomic mass is 9.94. The van der Waals surface area contributed by atoms with Gasteiger partial charge in [0.25, 0.3) is 0 Å². The van der Waals surface area contributed by atoms with Crippen LogP contribution in [0.15, 0.2) is 0 Å². The second-order valence-corrected chi connectivity index (χ2v) is 3.30. The van der Waals surface area contributed by atoms with E-state index in [9.17, 15) is 4.79 Å². The van der Waals surface area contributed by atoms with Crippen molar-refractivity contribution >= 4 is 18.8 Å². The third-order valence-corrected chi connectivity index (χ3v) is 2.50. The first-order valence-electron chi connectivity index (χ1n) is 3.95. The molecule has 1 heterocycles. The molecule has 4 heteroatoms. The molecule has 0 spiro atoms. The van der Waals surface area contributed by atoms with E-state index >= 15 is 0 Å². The van der Waals surface area contributed by atoms with Gasteiger partial charge in [0.2, 0.25) is 6.41 Å². The summed E-state index contributed by atoms with van der Waals surface area (Å²) in [6.45, 7) is 3.75. The predicted octanol–water partition coefficient (Wildman–Crippen LogP) is 1.07. The molecule has 0 saturated carbocycles. The standard InChI is InChI=1S/C8H15NO2.ClH/c1-8(11-2)3-5-9(7-10)6-4-8;/h7H,3-6H2,1-2H3;1H. The summed E-state index contributed by atoms with van der Waals surface area (Å²) < 4.78 is 5.33. The van der Waals surface area contributed by atoms with Crippen molar-refractivity contribution in [3.8, 4) is 0 Å². The number of likely N-dealkylation sites (tertiary alicyclic amines) is 1. The Morgan fingerprint density at radius 3 is 2.25 bits per heavy atom.